The van der Waals surface area contributed by atoms with E-state index in [9.17, 15) is 5.11 Å². The molecule has 0 atom stereocenters. The van der Waals surface area contributed by atoms with Crippen LogP contribution in [-0.4, -0.2) is 11.3 Å². The maximum atomic E-state index is 9.98. The molecule has 0 unspecified atom stereocenters. The quantitative estimate of drug-likeness (QED) is 0.789. The van der Waals surface area contributed by atoms with Gasteiger partial charge in [0, 0.05) is 16.8 Å². The zero-order valence-electron chi connectivity index (χ0n) is 11.2. The van der Waals surface area contributed by atoms with Crippen LogP contribution in [0.1, 0.15) is 22.3 Å². The van der Waals surface area contributed by atoms with Gasteiger partial charge in [-0.3, -0.25) is 4.99 Å². The number of hydrogen-bond acceptors (Lipinski definition) is 2. The second kappa shape index (κ2) is 5.45. The number of aryl methyl sites for hydroxylation is 3. The van der Waals surface area contributed by atoms with E-state index in [2.05, 4.69) is 4.99 Å². The molecule has 98 valence electrons. The molecule has 0 amide bonds. The Balaban J connectivity index is 2.35. The van der Waals surface area contributed by atoms with Crippen LogP contribution in [-0.2, 0) is 0 Å². The van der Waals surface area contributed by atoms with Gasteiger partial charge in [-0.2, -0.15) is 0 Å². The molecule has 0 aliphatic rings. The normalized spacial score (nSPS) is 11.2. The lowest BCUT2D eigenvalue weighted by molar-refractivity contribution is 0.470. The highest BCUT2D eigenvalue weighted by atomic mass is 35.5. The highest BCUT2D eigenvalue weighted by Crippen LogP contribution is 2.25. The summed E-state index contributed by atoms with van der Waals surface area (Å²) in [4.78, 5) is 4.35. The molecule has 0 bridgehead atoms. The van der Waals surface area contributed by atoms with Crippen LogP contribution in [0, 0.1) is 20.8 Å². The van der Waals surface area contributed by atoms with E-state index >= 15 is 0 Å². The summed E-state index contributed by atoms with van der Waals surface area (Å²) in [5.41, 5.74) is 4.46. The molecule has 3 heteroatoms. The van der Waals surface area contributed by atoms with Gasteiger partial charge in [-0.1, -0.05) is 23.7 Å². The lowest BCUT2D eigenvalue weighted by atomic mass is 10.1. The second-order valence-corrected chi connectivity index (χ2v) is 5.12. The van der Waals surface area contributed by atoms with Crippen molar-refractivity contribution >= 4 is 23.5 Å². The smallest absolute Gasteiger partial charge is 0.127 e. The molecule has 19 heavy (non-hydrogen) atoms. The van der Waals surface area contributed by atoms with Crippen molar-refractivity contribution in [2.45, 2.75) is 20.8 Å². The summed E-state index contributed by atoms with van der Waals surface area (Å²) in [7, 11) is 0. The molecule has 2 aromatic rings. The first kappa shape index (κ1) is 13.6. The monoisotopic (exact) mass is 273 g/mol. The van der Waals surface area contributed by atoms with Crippen molar-refractivity contribution in [3.8, 4) is 5.75 Å². The van der Waals surface area contributed by atoms with Crippen LogP contribution in [0.2, 0.25) is 5.02 Å². The molecule has 1 N–H and O–H groups in total. The zero-order valence-corrected chi connectivity index (χ0v) is 12.0. The molecule has 0 aromatic heterocycles. The van der Waals surface area contributed by atoms with E-state index in [-0.39, 0.29) is 5.75 Å². The number of aliphatic imine (C=N–C) groups is 1. The Bertz CT molecular complexity index is 647. The average molecular weight is 274 g/mol. The first-order chi connectivity index (χ1) is 8.97. The van der Waals surface area contributed by atoms with Crippen molar-refractivity contribution in [1.82, 2.24) is 0 Å². The zero-order chi connectivity index (χ0) is 14.0. The van der Waals surface area contributed by atoms with Crippen molar-refractivity contribution in [3.05, 3.63) is 57.6 Å². The predicted octanol–water partition coefficient (Wildman–Crippen LogP) is 4.72. The van der Waals surface area contributed by atoms with E-state index < -0.39 is 0 Å². The summed E-state index contributed by atoms with van der Waals surface area (Å²) in [6.07, 6.45) is 1.66. The standard InChI is InChI=1S/C16H16ClNO/c1-10-6-12(3)16(19)13(7-10)9-18-14-5-4-11(2)15(17)8-14/h4-9,19H,1-3H3. The van der Waals surface area contributed by atoms with E-state index in [1.165, 1.54) is 0 Å². The van der Waals surface area contributed by atoms with Gasteiger partial charge >= 0.3 is 0 Å². The maximum absolute atomic E-state index is 9.98. The minimum atomic E-state index is 0.271. The van der Waals surface area contributed by atoms with Gasteiger partial charge in [-0.15, -0.1) is 0 Å². The number of rotatable bonds is 2. The lowest BCUT2D eigenvalue weighted by Crippen LogP contribution is -1.88. The van der Waals surface area contributed by atoms with Crippen LogP contribution in [0.25, 0.3) is 0 Å². The summed E-state index contributed by atoms with van der Waals surface area (Å²) in [5.74, 6) is 0.271. The molecule has 0 heterocycles. The van der Waals surface area contributed by atoms with Gasteiger partial charge in [0.2, 0.25) is 0 Å². The summed E-state index contributed by atoms with van der Waals surface area (Å²) < 4.78 is 0. The number of aromatic hydroxyl groups is 1. The summed E-state index contributed by atoms with van der Waals surface area (Å²) in [5, 5.41) is 10.7. The average Bonchev–Trinajstić information content (AvgIpc) is 2.36. The molecule has 0 spiro atoms. The Hall–Kier alpha value is -1.80. The van der Waals surface area contributed by atoms with Gasteiger partial charge in [0.05, 0.1) is 5.69 Å². The van der Waals surface area contributed by atoms with Crippen molar-refractivity contribution < 1.29 is 5.11 Å². The number of halogens is 1. The van der Waals surface area contributed by atoms with E-state index in [4.69, 9.17) is 11.6 Å². The molecule has 0 aliphatic carbocycles. The first-order valence-electron chi connectivity index (χ1n) is 6.08. The van der Waals surface area contributed by atoms with Crippen molar-refractivity contribution in [1.29, 1.82) is 0 Å². The maximum Gasteiger partial charge on any atom is 0.127 e. The highest BCUT2D eigenvalue weighted by Gasteiger charge is 2.03. The molecule has 0 fully saturated rings. The van der Waals surface area contributed by atoms with E-state index in [0.29, 0.717) is 10.6 Å². The fourth-order valence-electron chi connectivity index (χ4n) is 1.90. The molecule has 2 nitrogen and oxygen atoms in total. The first-order valence-corrected chi connectivity index (χ1v) is 6.45. The Morgan fingerprint density at radius 2 is 1.79 bits per heavy atom. The lowest BCUT2D eigenvalue weighted by Gasteiger charge is -2.05. The summed E-state index contributed by atoms with van der Waals surface area (Å²) in [6.45, 7) is 5.82. The van der Waals surface area contributed by atoms with Gasteiger partial charge in [-0.05, 0) is 55.7 Å². The number of nitrogens with zero attached hydrogens (tertiary/aromatic N) is 1. The van der Waals surface area contributed by atoms with Crippen LogP contribution >= 0.6 is 11.6 Å². The SMILES string of the molecule is Cc1cc(C)c(O)c(C=Nc2ccc(C)c(Cl)c2)c1. The van der Waals surface area contributed by atoms with Gasteiger partial charge in [0.15, 0.2) is 0 Å². The van der Waals surface area contributed by atoms with Gasteiger partial charge in [-0.25, -0.2) is 0 Å². The predicted molar refractivity (Wildman–Crippen MR) is 81.0 cm³/mol. The van der Waals surface area contributed by atoms with Gasteiger partial charge < -0.3 is 5.11 Å². The molecular formula is C16H16ClNO. The third-order valence-corrected chi connectivity index (χ3v) is 3.39. The molecule has 0 saturated heterocycles. The second-order valence-electron chi connectivity index (χ2n) is 4.71. The van der Waals surface area contributed by atoms with Gasteiger partial charge in [0.1, 0.15) is 5.75 Å². The van der Waals surface area contributed by atoms with Crippen molar-refractivity contribution in [3.63, 3.8) is 0 Å². The third-order valence-electron chi connectivity index (χ3n) is 2.98. The summed E-state index contributed by atoms with van der Waals surface area (Å²) >= 11 is 6.05. The Morgan fingerprint density at radius 1 is 1.05 bits per heavy atom. The number of phenols is 1. The molecular weight excluding hydrogens is 258 g/mol. The van der Waals surface area contributed by atoms with Crippen LogP contribution in [0.15, 0.2) is 35.3 Å². The fraction of sp³-hybridized carbons (Fsp3) is 0.188. The highest BCUT2D eigenvalue weighted by molar-refractivity contribution is 6.31. The number of hydrogen-bond donors (Lipinski definition) is 1. The topological polar surface area (TPSA) is 32.6 Å². The minimum Gasteiger partial charge on any atom is -0.507 e. The van der Waals surface area contributed by atoms with E-state index in [1.807, 2.05) is 51.1 Å². The molecule has 2 aromatic carbocycles. The molecule has 0 saturated carbocycles. The summed E-state index contributed by atoms with van der Waals surface area (Å²) in [6, 6.07) is 9.48. The van der Waals surface area contributed by atoms with Crippen LogP contribution < -0.4 is 0 Å². The minimum absolute atomic E-state index is 0.271. The van der Waals surface area contributed by atoms with Crippen LogP contribution in [0.4, 0.5) is 5.69 Å². The molecule has 2 rings (SSSR count). The largest absolute Gasteiger partial charge is 0.507 e. The fourth-order valence-corrected chi connectivity index (χ4v) is 2.07. The van der Waals surface area contributed by atoms with E-state index in [0.717, 1.165) is 22.4 Å². The number of benzene rings is 2. The van der Waals surface area contributed by atoms with Crippen molar-refractivity contribution in [2.75, 3.05) is 0 Å². The molecule has 0 aliphatic heterocycles. The van der Waals surface area contributed by atoms with E-state index in [1.54, 1.807) is 6.21 Å². The third kappa shape index (κ3) is 3.15. The van der Waals surface area contributed by atoms with Crippen LogP contribution in [0.5, 0.6) is 5.75 Å². The Kier molecular flexibility index (Phi) is 3.91. The number of phenolic OH excluding ortho intramolecular Hbond substituents is 1. The van der Waals surface area contributed by atoms with Crippen LogP contribution in [0.3, 0.4) is 0 Å². The van der Waals surface area contributed by atoms with Gasteiger partial charge in [0.25, 0.3) is 0 Å². The molecule has 0 radical (unpaired) electrons. The Labute approximate surface area is 118 Å². The van der Waals surface area contributed by atoms with Crippen molar-refractivity contribution in [2.24, 2.45) is 4.99 Å². The Morgan fingerprint density at radius 3 is 2.47 bits per heavy atom.